The van der Waals surface area contributed by atoms with Crippen molar-refractivity contribution in [3.63, 3.8) is 0 Å². The molecule has 54 valence electrons. The minimum atomic E-state index is -0.0822. The first-order valence-corrected chi connectivity index (χ1v) is 3.61. The maximum absolute atomic E-state index is 9.31. The summed E-state index contributed by atoms with van der Waals surface area (Å²) in [5.74, 6) is 0.432. The lowest BCUT2D eigenvalue weighted by Crippen LogP contribution is -2.43. The topological polar surface area (TPSA) is 32.3 Å². The SMILES string of the molecule is C[C@@H]1C[C@@H](O)[C@H](C)CN1. The van der Waals surface area contributed by atoms with Crippen molar-refractivity contribution in [3.05, 3.63) is 0 Å². The van der Waals surface area contributed by atoms with E-state index in [1.165, 1.54) is 0 Å². The standard InChI is InChI=1S/C7H15NO/c1-5-4-8-6(2)3-7(5)9/h5-9H,3-4H2,1-2H3/t5-,6-,7-/m1/s1. The smallest absolute Gasteiger partial charge is 0.0592 e. The van der Waals surface area contributed by atoms with Gasteiger partial charge in [0.15, 0.2) is 0 Å². The van der Waals surface area contributed by atoms with Crippen LogP contribution < -0.4 is 5.32 Å². The van der Waals surface area contributed by atoms with Crippen LogP contribution in [0, 0.1) is 5.92 Å². The lowest BCUT2D eigenvalue weighted by atomic mass is 9.94. The third-order valence-corrected chi connectivity index (χ3v) is 2.04. The van der Waals surface area contributed by atoms with Gasteiger partial charge in [-0.15, -0.1) is 0 Å². The predicted octanol–water partition coefficient (Wildman–Crippen LogP) is 0.365. The van der Waals surface area contributed by atoms with E-state index in [2.05, 4.69) is 19.2 Å². The number of rotatable bonds is 0. The van der Waals surface area contributed by atoms with E-state index in [1.54, 1.807) is 0 Å². The summed E-state index contributed by atoms with van der Waals surface area (Å²) in [7, 11) is 0. The third-order valence-electron chi connectivity index (χ3n) is 2.04. The van der Waals surface area contributed by atoms with Gasteiger partial charge in [0.1, 0.15) is 0 Å². The molecule has 1 fully saturated rings. The first-order valence-electron chi connectivity index (χ1n) is 3.61. The van der Waals surface area contributed by atoms with Gasteiger partial charge in [0.25, 0.3) is 0 Å². The van der Waals surface area contributed by atoms with Crippen molar-refractivity contribution in [1.29, 1.82) is 0 Å². The molecule has 0 saturated carbocycles. The highest BCUT2D eigenvalue weighted by Crippen LogP contribution is 2.13. The Morgan fingerprint density at radius 1 is 1.44 bits per heavy atom. The Kier molecular flexibility index (Phi) is 2.09. The summed E-state index contributed by atoms with van der Waals surface area (Å²) in [6.45, 7) is 5.14. The second-order valence-corrected chi connectivity index (χ2v) is 3.09. The van der Waals surface area contributed by atoms with Crippen LogP contribution in [0.2, 0.25) is 0 Å². The molecule has 0 aromatic heterocycles. The van der Waals surface area contributed by atoms with Crippen LogP contribution in [0.4, 0.5) is 0 Å². The Labute approximate surface area is 56.3 Å². The maximum atomic E-state index is 9.31. The fraction of sp³-hybridized carbons (Fsp3) is 1.00. The number of hydrogen-bond donors (Lipinski definition) is 2. The normalized spacial score (nSPS) is 45.0. The van der Waals surface area contributed by atoms with Gasteiger partial charge in [0, 0.05) is 12.6 Å². The number of piperidine rings is 1. The van der Waals surface area contributed by atoms with Crippen LogP contribution in [0.5, 0.6) is 0 Å². The summed E-state index contributed by atoms with van der Waals surface area (Å²) >= 11 is 0. The summed E-state index contributed by atoms with van der Waals surface area (Å²) in [6, 6.07) is 0.496. The molecule has 0 aliphatic carbocycles. The van der Waals surface area contributed by atoms with Gasteiger partial charge in [0.05, 0.1) is 6.10 Å². The average Bonchev–Trinajstić information content (AvgIpc) is 1.80. The zero-order chi connectivity index (χ0) is 6.85. The van der Waals surface area contributed by atoms with Crippen molar-refractivity contribution in [2.75, 3.05) is 6.54 Å². The van der Waals surface area contributed by atoms with Crippen LogP contribution in [0.15, 0.2) is 0 Å². The van der Waals surface area contributed by atoms with Gasteiger partial charge in [-0.1, -0.05) is 6.92 Å². The first-order chi connectivity index (χ1) is 4.20. The van der Waals surface area contributed by atoms with Crippen molar-refractivity contribution < 1.29 is 5.11 Å². The van der Waals surface area contributed by atoms with Crippen molar-refractivity contribution in [2.45, 2.75) is 32.4 Å². The Balaban J connectivity index is 2.35. The third kappa shape index (κ3) is 1.66. The van der Waals surface area contributed by atoms with E-state index in [0.717, 1.165) is 13.0 Å². The molecule has 3 atom stereocenters. The lowest BCUT2D eigenvalue weighted by molar-refractivity contribution is 0.0725. The highest BCUT2D eigenvalue weighted by atomic mass is 16.3. The summed E-state index contributed by atoms with van der Waals surface area (Å²) in [5, 5.41) is 12.6. The van der Waals surface area contributed by atoms with Crippen LogP contribution in [0.25, 0.3) is 0 Å². The van der Waals surface area contributed by atoms with Crippen molar-refractivity contribution >= 4 is 0 Å². The predicted molar refractivity (Wildman–Crippen MR) is 37.3 cm³/mol. The highest BCUT2D eigenvalue weighted by Gasteiger charge is 2.22. The molecule has 9 heavy (non-hydrogen) atoms. The zero-order valence-corrected chi connectivity index (χ0v) is 6.09. The molecule has 0 unspecified atom stereocenters. The maximum Gasteiger partial charge on any atom is 0.0592 e. The summed E-state index contributed by atoms with van der Waals surface area (Å²) in [5.41, 5.74) is 0. The molecule has 0 aromatic rings. The van der Waals surface area contributed by atoms with Gasteiger partial charge in [-0.05, 0) is 19.3 Å². The monoisotopic (exact) mass is 129 g/mol. The molecule has 1 aliphatic rings. The Bertz CT molecular complexity index is 94.9. The molecule has 2 heteroatoms. The van der Waals surface area contributed by atoms with E-state index < -0.39 is 0 Å². The van der Waals surface area contributed by atoms with Crippen molar-refractivity contribution in [1.82, 2.24) is 5.32 Å². The number of aliphatic hydroxyl groups is 1. The number of aliphatic hydroxyl groups excluding tert-OH is 1. The van der Waals surface area contributed by atoms with E-state index in [1.807, 2.05) is 0 Å². The van der Waals surface area contributed by atoms with Crippen LogP contribution in [-0.2, 0) is 0 Å². The van der Waals surface area contributed by atoms with Gasteiger partial charge in [-0.2, -0.15) is 0 Å². The Morgan fingerprint density at radius 3 is 2.56 bits per heavy atom. The van der Waals surface area contributed by atoms with Gasteiger partial charge in [0.2, 0.25) is 0 Å². The summed E-state index contributed by atoms with van der Waals surface area (Å²) < 4.78 is 0. The zero-order valence-electron chi connectivity index (χ0n) is 6.09. The second-order valence-electron chi connectivity index (χ2n) is 3.09. The Hall–Kier alpha value is -0.0800. The van der Waals surface area contributed by atoms with Crippen molar-refractivity contribution in [3.8, 4) is 0 Å². The van der Waals surface area contributed by atoms with Crippen LogP contribution in [0.3, 0.4) is 0 Å². The molecule has 2 nitrogen and oxygen atoms in total. The van der Waals surface area contributed by atoms with Crippen LogP contribution in [-0.4, -0.2) is 23.8 Å². The van der Waals surface area contributed by atoms with Crippen molar-refractivity contribution in [2.24, 2.45) is 5.92 Å². The van der Waals surface area contributed by atoms with Gasteiger partial charge < -0.3 is 10.4 Å². The molecule has 0 bridgehead atoms. The molecule has 0 aromatic carbocycles. The molecule has 0 radical (unpaired) electrons. The van der Waals surface area contributed by atoms with Gasteiger partial charge in [-0.25, -0.2) is 0 Å². The fourth-order valence-electron chi connectivity index (χ4n) is 1.20. The molecule has 1 rings (SSSR count). The molecule has 1 heterocycles. The highest BCUT2D eigenvalue weighted by molar-refractivity contribution is 4.78. The van der Waals surface area contributed by atoms with Crippen LogP contribution in [0.1, 0.15) is 20.3 Å². The van der Waals surface area contributed by atoms with E-state index in [9.17, 15) is 5.11 Å². The second kappa shape index (κ2) is 2.67. The lowest BCUT2D eigenvalue weighted by Gasteiger charge is -2.29. The van der Waals surface area contributed by atoms with Gasteiger partial charge in [-0.3, -0.25) is 0 Å². The van der Waals surface area contributed by atoms with E-state index in [0.29, 0.717) is 12.0 Å². The Morgan fingerprint density at radius 2 is 2.11 bits per heavy atom. The molecule has 1 saturated heterocycles. The molecule has 1 aliphatic heterocycles. The minimum absolute atomic E-state index is 0.0822. The number of nitrogens with one attached hydrogen (secondary N) is 1. The van der Waals surface area contributed by atoms with E-state index in [4.69, 9.17) is 0 Å². The molecular formula is C7H15NO. The fourth-order valence-corrected chi connectivity index (χ4v) is 1.20. The average molecular weight is 129 g/mol. The quantitative estimate of drug-likeness (QED) is 0.495. The largest absolute Gasteiger partial charge is 0.393 e. The molecule has 0 spiro atoms. The number of hydrogen-bond acceptors (Lipinski definition) is 2. The summed E-state index contributed by atoms with van der Waals surface area (Å²) in [6.07, 6.45) is 0.822. The van der Waals surface area contributed by atoms with E-state index >= 15 is 0 Å². The van der Waals surface area contributed by atoms with Gasteiger partial charge >= 0.3 is 0 Å². The first kappa shape index (κ1) is 7.03. The molecule has 2 N–H and O–H groups in total. The van der Waals surface area contributed by atoms with E-state index in [-0.39, 0.29) is 6.10 Å². The van der Waals surface area contributed by atoms with Crippen LogP contribution >= 0.6 is 0 Å². The molecule has 0 amide bonds. The summed E-state index contributed by atoms with van der Waals surface area (Å²) in [4.78, 5) is 0. The minimum Gasteiger partial charge on any atom is -0.393 e. The molecular weight excluding hydrogens is 114 g/mol.